The predicted molar refractivity (Wildman–Crippen MR) is 214 cm³/mol. The molecule has 59 heavy (non-hydrogen) atoms. The largest absolute Gasteiger partial charge is 0.497 e. The first-order valence-electron chi connectivity index (χ1n) is 19.9. The fourth-order valence-corrected chi connectivity index (χ4v) is 9.33. The van der Waals surface area contributed by atoms with Crippen molar-refractivity contribution in [2.75, 3.05) is 26.7 Å². The second kappa shape index (κ2) is 15.8. The standard InChI is InChI=1S/C42H50F2N6O8S/c1-6-25-23-42(25,39(54)48-59(55,56)28-11-12-28)47-37(52)34-20-27(24-50(34)38(53)30(40(2,3)4)21-36(51)49-17-14-41(43,44)15-18-49)58-35-22-33(31-9-7-8-16-45-31)46-32-19-26(57-5)10-13-29(32)35/h6-10,13,16,19,22,25,27-28,30,34H,1,11-12,14-15,17-18,20-21,23-24H2,2-5H3,(H,47,52)(H,48,54)/t25?,27-,30-,34+,42-/m1/s1. The molecule has 1 unspecified atom stereocenters. The van der Waals surface area contributed by atoms with E-state index in [0.29, 0.717) is 46.6 Å². The molecule has 0 bridgehead atoms. The highest BCUT2D eigenvalue weighted by molar-refractivity contribution is 7.91. The van der Waals surface area contributed by atoms with Crippen LogP contribution in [-0.2, 0) is 29.2 Å². The highest BCUT2D eigenvalue weighted by Gasteiger charge is 2.62. The third kappa shape index (κ3) is 8.89. The van der Waals surface area contributed by atoms with Crippen LogP contribution in [0.25, 0.3) is 22.3 Å². The number of hydrogen-bond donors (Lipinski definition) is 2. The number of aromatic nitrogens is 2. The number of carbonyl (C=O) groups excluding carboxylic acids is 4. The Hall–Kier alpha value is -5.19. The van der Waals surface area contributed by atoms with E-state index in [-0.39, 0.29) is 38.9 Å². The van der Waals surface area contributed by atoms with E-state index in [1.165, 1.54) is 15.9 Å². The van der Waals surface area contributed by atoms with E-state index >= 15 is 0 Å². The molecule has 2 aliphatic heterocycles. The highest BCUT2D eigenvalue weighted by atomic mass is 32.2. The van der Waals surface area contributed by atoms with Crippen molar-refractivity contribution in [2.45, 2.75) is 94.6 Å². The van der Waals surface area contributed by atoms with E-state index in [1.54, 1.807) is 70.5 Å². The number of alkyl halides is 2. The normalized spacial score (nSPS) is 24.5. The van der Waals surface area contributed by atoms with Crippen LogP contribution in [0.2, 0.25) is 0 Å². The Morgan fingerprint density at radius 2 is 1.80 bits per heavy atom. The Balaban J connectivity index is 1.21. The van der Waals surface area contributed by atoms with Crippen molar-refractivity contribution in [1.82, 2.24) is 29.8 Å². The monoisotopic (exact) mass is 836 g/mol. The predicted octanol–water partition coefficient (Wildman–Crippen LogP) is 4.63. The van der Waals surface area contributed by atoms with Crippen molar-refractivity contribution in [3.05, 3.63) is 61.3 Å². The number of halogens is 2. The maximum absolute atomic E-state index is 14.8. The second-order valence-corrected chi connectivity index (χ2v) is 19.1. The average Bonchev–Trinajstić information content (AvgIpc) is 4.13. The molecule has 4 heterocycles. The third-order valence-electron chi connectivity index (χ3n) is 11.9. The van der Waals surface area contributed by atoms with Gasteiger partial charge in [0.1, 0.15) is 29.2 Å². The van der Waals surface area contributed by atoms with Gasteiger partial charge in [0.05, 0.1) is 41.7 Å². The average molecular weight is 837 g/mol. The maximum Gasteiger partial charge on any atom is 0.259 e. The third-order valence-corrected chi connectivity index (χ3v) is 13.7. The summed E-state index contributed by atoms with van der Waals surface area (Å²) in [5.41, 5.74) is -0.800. The van der Waals surface area contributed by atoms with E-state index in [2.05, 4.69) is 21.6 Å². The summed E-state index contributed by atoms with van der Waals surface area (Å²) in [7, 11) is -2.41. The van der Waals surface area contributed by atoms with Gasteiger partial charge in [-0.15, -0.1) is 6.58 Å². The number of methoxy groups -OCH3 is 1. The number of fused-ring (bicyclic) bond motifs is 1. The molecule has 2 saturated heterocycles. The summed E-state index contributed by atoms with van der Waals surface area (Å²) in [6.45, 7) is 8.79. The minimum Gasteiger partial charge on any atom is -0.497 e. The van der Waals surface area contributed by atoms with Crippen molar-refractivity contribution < 1.29 is 45.9 Å². The van der Waals surface area contributed by atoms with Crippen LogP contribution in [0.5, 0.6) is 11.5 Å². The zero-order valence-electron chi connectivity index (χ0n) is 33.6. The summed E-state index contributed by atoms with van der Waals surface area (Å²) in [4.78, 5) is 68.6. The van der Waals surface area contributed by atoms with Gasteiger partial charge in [-0.2, -0.15) is 0 Å². The number of pyridine rings is 2. The number of benzene rings is 1. The lowest BCUT2D eigenvalue weighted by Crippen LogP contribution is -2.57. The number of likely N-dealkylation sites (tertiary alicyclic amines) is 2. The number of nitrogens with one attached hydrogen (secondary N) is 2. The summed E-state index contributed by atoms with van der Waals surface area (Å²) >= 11 is 0. The zero-order chi connectivity index (χ0) is 42.5. The van der Waals surface area contributed by atoms with Crippen LogP contribution < -0.4 is 19.5 Å². The fraction of sp³-hybridized carbons (Fsp3) is 0.524. The molecule has 7 rings (SSSR count). The van der Waals surface area contributed by atoms with Crippen molar-refractivity contribution >= 4 is 44.6 Å². The van der Waals surface area contributed by atoms with Crippen LogP contribution in [0.3, 0.4) is 0 Å². The molecule has 1 aromatic carbocycles. The summed E-state index contributed by atoms with van der Waals surface area (Å²) in [6, 6.07) is 11.2. The van der Waals surface area contributed by atoms with Gasteiger partial charge in [-0.1, -0.05) is 32.9 Å². The molecular weight excluding hydrogens is 787 g/mol. The lowest BCUT2D eigenvalue weighted by molar-refractivity contribution is -0.150. The van der Waals surface area contributed by atoms with Gasteiger partial charge >= 0.3 is 0 Å². The number of hydrogen-bond acceptors (Lipinski definition) is 10. The Labute approximate surface area is 342 Å². The minimum atomic E-state index is -3.95. The second-order valence-electron chi connectivity index (χ2n) is 17.1. The van der Waals surface area contributed by atoms with Crippen LogP contribution in [0.1, 0.15) is 65.7 Å². The number of ether oxygens (including phenoxy) is 2. The number of amides is 4. The van der Waals surface area contributed by atoms with E-state index < -0.39 is 92.6 Å². The minimum absolute atomic E-state index is 0.0285. The quantitative estimate of drug-likeness (QED) is 0.231. The summed E-state index contributed by atoms with van der Waals surface area (Å²) in [5.74, 6) is -6.00. The Kier molecular flexibility index (Phi) is 11.2. The van der Waals surface area contributed by atoms with Gasteiger partial charge < -0.3 is 24.6 Å². The molecule has 3 aromatic rings. The Morgan fingerprint density at radius 3 is 2.41 bits per heavy atom. The highest BCUT2D eigenvalue weighted by Crippen LogP contribution is 2.46. The van der Waals surface area contributed by atoms with Gasteiger partial charge in [0.25, 0.3) is 11.8 Å². The number of sulfonamides is 1. The molecule has 5 atom stereocenters. The van der Waals surface area contributed by atoms with Crippen LogP contribution in [0, 0.1) is 17.3 Å². The lowest BCUT2D eigenvalue weighted by atomic mass is 9.77. The molecule has 4 amide bonds. The van der Waals surface area contributed by atoms with E-state index in [4.69, 9.17) is 14.5 Å². The first kappa shape index (κ1) is 42.0. The van der Waals surface area contributed by atoms with Gasteiger partial charge in [-0.3, -0.25) is 28.9 Å². The molecule has 0 radical (unpaired) electrons. The maximum atomic E-state index is 14.8. The van der Waals surface area contributed by atoms with Crippen LogP contribution in [-0.4, -0.2) is 107 Å². The lowest BCUT2D eigenvalue weighted by Gasteiger charge is -2.37. The zero-order valence-corrected chi connectivity index (χ0v) is 34.4. The molecule has 2 aromatic heterocycles. The number of nitrogens with zero attached hydrogens (tertiary/aromatic N) is 4. The summed E-state index contributed by atoms with van der Waals surface area (Å²) in [5, 5.41) is 2.75. The fourth-order valence-electron chi connectivity index (χ4n) is 7.97. The molecule has 4 aliphatic rings. The molecule has 2 N–H and O–H groups in total. The number of carbonyl (C=O) groups is 4. The van der Waals surface area contributed by atoms with E-state index in [9.17, 15) is 36.4 Å². The van der Waals surface area contributed by atoms with Gasteiger partial charge in [0.15, 0.2) is 0 Å². The van der Waals surface area contributed by atoms with E-state index in [1.807, 2.05) is 6.07 Å². The summed E-state index contributed by atoms with van der Waals surface area (Å²) < 4.78 is 67.8. The first-order valence-corrected chi connectivity index (χ1v) is 21.4. The Morgan fingerprint density at radius 1 is 1.07 bits per heavy atom. The van der Waals surface area contributed by atoms with Gasteiger partial charge in [-0.05, 0) is 48.9 Å². The molecule has 17 heteroatoms. The van der Waals surface area contributed by atoms with Crippen LogP contribution in [0.4, 0.5) is 8.78 Å². The van der Waals surface area contributed by atoms with E-state index in [0.717, 1.165) is 0 Å². The summed E-state index contributed by atoms with van der Waals surface area (Å²) in [6.07, 6.45) is 2.05. The van der Waals surface area contributed by atoms with Crippen molar-refractivity contribution in [3.63, 3.8) is 0 Å². The SMILES string of the molecule is C=CC1C[C@]1(NC(=O)[C@@H]1C[C@@H](Oc2cc(-c3ccccn3)nc3cc(OC)ccc23)CN1C(=O)[C@@H](CC(=O)N1CCC(F)(F)CC1)C(C)(C)C)C(=O)NS(=O)(=O)C1CC1. The first-order chi connectivity index (χ1) is 27.8. The number of rotatable bonds is 13. The van der Waals surface area contributed by atoms with Gasteiger partial charge in [0.2, 0.25) is 27.7 Å². The van der Waals surface area contributed by atoms with Gasteiger partial charge in [0, 0.05) is 68.4 Å². The Bertz CT molecular complexity index is 2260. The molecule has 4 fully saturated rings. The topological polar surface area (TPSA) is 177 Å². The molecule has 0 spiro atoms. The number of piperidine rings is 1. The van der Waals surface area contributed by atoms with Crippen LogP contribution >= 0.6 is 0 Å². The smallest absolute Gasteiger partial charge is 0.259 e. The molecular formula is C42H50F2N6O8S. The van der Waals surface area contributed by atoms with Crippen molar-refractivity contribution in [2.24, 2.45) is 17.3 Å². The molecule has 2 aliphatic carbocycles. The molecule has 316 valence electrons. The molecule has 14 nitrogen and oxygen atoms in total. The van der Waals surface area contributed by atoms with Gasteiger partial charge in [-0.25, -0.2) is 22.2 Å². The van der Waals surface area contributed by atoms with Crippen LogP contribution in [0.15, 0.2) is 61.3 Å². The van der Waals surface area contributed by atoms with Crippen molar-refractivity contribution in [1.29, 1.82) is 0 Å². The molecule has 2 saturated carbocycles. The van der Waals surface area contributed by atoms with Crippen molar-refractivity contribution in [3.8, 4) is 22.9 Å².